The summed E-state index contributed by atoms with van der Waals surface area (Å²) in [6.45, 7) is 0. The van der Waals surface area contributed by atoms with Crippen LogP contribution in [0.3, 0.4) is 0 Å². The van der Waals surface area contributed by atoms with Crippen molar-refractivity contribution < 1.29 is 19.6 Å². The van der Waals surface area contributed by atoms with Crippen LogP contribution in [-0.4, -0.2) is 27.7 Å². The van der Waals surface area contributed by atoms with Gasteiger partial charge in [-0.2, -0.15) is 12.6 Å². The summed E-state index contributed by atoms with van der Waals surface area (Å²) in [5, 5.41) is 22.8. The van der Waals surface area contributed by atoms with Crippen LogP contribution in [0.5, 0.6) is 0 Å². The molecule has 0 aliphatic heterocycles. The minimum Gasteiger partial charge on any atom is -0.479 e. The lowest BCUT2D eigenvalue weighted by Crippen LogP contribution is -2.39. The summed E-state index contributed by atoms with van der Waals surface area (Å²) in [6.07, 6.45) is 0.414. The highest BCUT2D eigenvalue weighted by Gasteiger charge is 2.27. The quantitative estimate of drug-likeness (QED) is 0.374. The van der Waals surface area contributed by atoms with E-state index in [4.69, 9.17) is 0 Å². The number of carbonyl (C=O) groups excluding carboxylic acids is 1. The van der Waals surface area contributed by atoms with Crippen LogP contribution >= 0.6 is 12.6 Å². The van der Waals surface area contributed by atoms with Crippen molar-refractivity contribution >= 4 is 30.2 Å². The van der Waals surface area contributed by atoms with Gasteiger partial charge in [-0.05, 0) is 17.5 Å². The summed E-state index contributed by atoms with van der Waals surface area (Å²) < 4.78 is 0. The molecular weight excluding hydrogens is 356 g/mol. The van der Waals surface area contributed by atoms with Crippen molar-refractivity contribution in [2.24, 2.45) is 5.92 Å². The number of nitrogens with zero attached hydrogens (tertiary/aromatic N) is 1. The first-order valence-electron chi connectivity index (χ1n) is 7.84. The van der Waals surface area contributed by atoms with E-state index in [9.17, 15) is 24.8 Å². The number of non-ortho nitro benzene ring substituents is 1. The first-order valence-corrected chi connectivity index (χ1v) is 8.48. The second-order valence-electron chi connectivity index (χ2n) is 5.70. The number of rotatable bonds is 8. The van der Waals surface area contributed by atoms with E-state index in [0.29, 0.717) is 6.42 Å². The van der Waals surface area contributed by atoms with Crippen molar-refractivity contribution in [1.82, 2.24) is 5.32 Å². The SMILES string of the molecule is O=C(N[C@@H](C(=O)O)c1cccc([N+](=O)[O-])c1)C(CS)Cc1ccccc1. The molecule has 0 aliphatic carbocycles. The highest BCUT2D eigenvalue weighted by atomic mass is 32.1. The predicted molar refractivity (Wildman–Crippen MR) is 99.1 cm³/mol. The van der Waals surface area contributed by atoms with E-state index in [1.165, 1.54) is 18.2 Å². The lowest BCUT2D eigenvalue weighted by atomic mass is 9.99. The van der Waals surface area contributed by atoms with Crippen LogP contribution in [0.4, 0.5) is 5.69 Å². The van der Waals surface area contributed by atoms with Gasteiger partial charge in [0.05, 0.1) is 10.8 Å². The van der Waals surface area contributed by atoms with Crippen LogP contribution in [0, 0.1) is 16.0 Å². The van der Waals surface area contributed by atoms with E-state index in [1.54, 1.807) is 0 Å². The summed E-state index contributed by atoms with van der Waals surface area (Å²) in [4.78, 5) is 34.4. The van der Waals surface area contributed by atoms with Gasteiger partial charge in [0, 0.05) is 17.9 Å². The van der Waals surface area contributed by atoms with Crippen LogP contribution in [-0.2, 0) is 16.0 Å². The van der Waals surface area contributed by atoms with Gasteiger partial charge in [-0.1, -0.05) is 42.5 Å². The smallest absolute Gasteiger partial charge is 0.330 e. The number of hydrogen-bond acceptors (Lipinski definition) is 5. The molecule has 2 N–H and O–H groups in total. The predicted octanol–water partition coefficient (Wildman–Crippen LogP) is 2.63. The van der Waals surface area contributed by atoms with Crippen molar-refractivity contribution in [3.8, 4) is 0 Å². The summed E-state index contributed by atoms with van der Waals surface area (Å²) in [6, 6.07) is 13.2. The van der Waals surface area contributed by atoms with Gasteiger partial charge in [-0.25, -0.2) is 4.79 Å². The second kappa shape index (κ2) is 9.00. The molecule has 0 heterocycles. The molecule has 1 unspecified atom stereocenters. The maximum absolute atomic E-state index is 12.5. The van der Waals surface area contributed by atoms with Crippen LogP contribution in [0.25, 0.3) is 0 Å². The van der Waals surface area contributed by atoms with Gasteiger partial charge in [0.25, 0.3) is 5.69 Å². The molecule has 1 amide bonds. The van der Waals surface area contributed by atoms with Crippen molar-refractivity contribution in [3.05, 3.63) is 75.8 Å². The Balaban J connectivity index is 2.18. The Bertz CT molecular complexity index is 797. The average Bonchev–Trinajstić information content (AvgIpc) is 2.64. The fourth-order valence-electron chi connectivity index (χ4n) is 2.50. The molecule has 0 bridgehead atoms. The minimum absolute atomic E-state index is 0.137. The summed E-state index contributed by atoms with van der Waals surface area (Å²) in [5.74, 6) is -2.05. The Labute approximate surface area is 155 Å². The molecule has 2 atom stereocenters. The monoisotopic (exact) mass is 374 g/mol. The minimum atomic E-state index is -1.37. The molecule has 136 valence electrons. The van der Waals surface area contributed by atoms with E-state index >= 15 is 0 Å². The van der Waals surface area contributed by atoms with Gasteiger partial charge in [0.1, 0.15) is 0 Å². The van der Waals surface area contributed by atoms with Crippen molar-refractivity contribution in [2.75, 3.05) is 5.75 Å². The molecule has 0 saturated carbocycles. The zero-order valence-corrected chi connectivity index (χ0v) is 14.6. The molecule has 8 heteroatoms. The maximum atomic E-state index is 12.5. The van der Waals surface area contributed by atoms with E-state index in [0.717, 1.165) is 11.6 Å². The number of aliphatic carboxylic acids is 1. The van der Waals surface area contributed by atoms with Crippen molar-refractivity contribution in [1.29, 1.82) is 0 Å². The van der Waals surface area contributed by atoms with Crippen LogP contribution < -0.4 is 5.32 Å². The van der Waals surface area contributed by atoms with E-state index in [1.807, 2.05) is 30.3 Å². The largest absolute Gasteiger partial charge is 0.479 e. The molecular formula is C18H18N2O5S. The number of thiol groups is 1. The third-order valence-electron chi connectivity index (χ3n) is 3.86. The van der Waals surface area contributed by atoms with Crippen LogP contribution in [0.2, 0.25) is 0 Å². The molecule has 0 fully saturated rings. The zero-order chi connectivity index (χ0) is 19.1. The first-order chi connectivity index (χ1) is 12.4. The van der Waals surface area contributed by atoms with Crippen LogP contribution in [0.15, 0.2) is 54.6 Å². The molecule has 0 aromatic heterocycles. The molecule has 2 aromatic carbocycles. The van der Waals surface area contributed by atoms with E-state index < -0.39 is 28.8 Å². The molecule has 0 spiro atoms. The maximum Gasteiger partial charge on any atom is 0.330 e. The Morgan fingerprint density at radius 3 is 2.42 bits per heavy atom. The number of nitrogens with one attached hydrogen (secondary N) is 1. The number of hydrogen-bond donors (Lipinski definition) is 3. The fraction of sp³-hybridized carbons (Fsp3) is 0.222. The number of carbonyl (C=O) groups is 2. The number of carboxylic acid groups (broad SMARTS) is 1. The molecule has 2 rings (SSSR count). The third kappa shape index (κ3) is 5.06. The number of nitro benzene ring substituents is 1. The number of nitro groups is 1. The Kier molecular flexibility index (Phi) is 6.74. The standard InChI is InChI=1S/C18H18N2O5S/c21-17(14(11-26)9-12-5-2-1-3-6-12)19-16(18(22)23)13-7-4-8-15(10-13)20(24)25/h1-8,10,14,16,26H,9,11H2,(H,19,21)(H,22,23)/t14?,16-/m1/s1. The molecule has 7 nitrogen and oxygen atoms in total. The van der Waals surface area contributed by atoms with Crippen molar-refractivity contribution in [3.63, 3.8) is 0 Å². The Morgan fingerprint density at radius 2 is 1.85 bits per heavy atom. The van der Waals surface area contributed by atoms with E-state index in [2.05, 4.69) is 17.9 Å². The van der Waals surface area contributed by atoms with Gasteiger partial charge in [-0.15, -0.1) is 0 Å². The van der Waals surface area contributed by atoms with E-state index in [-0.39, 0.29) is 17.0 Å². The summed E-state index contributed by atoms with van der Waals surface area (Å²) >= 11 is 4.19. The van der Waals surface area contributed by atoms with Crippen LogP contribution in [0.1, 0.15) is 17.2 Å². The lowest BCUT2D eigenvalue weighted by molar-refractivity contribution is -0.384. The first kappa shape index (κ1) is 19.5. The molecule has 0 saturated heterocycles. The Hall–Kier alpha value is -2.87. The molecule has 26 heavy (non-hydrogen) atoms. The highest BCUT2D eigenvalue weighted by molar-refractivity contribution is 7.80. The average molecular weight is 374 g/mol. The Morgan fingerprint density at radius 1 is 1.15 bits per heavy atom. The van der Waals surface area contributed by atoms with Gasteiger partial charge >= 0.3 is 5.97 Å². The second-order valence-corrected chi connectivity index (χ2v) is 6.07. The topological polar surface area (TPSA) is 110 Å². The summed E-state index contributed by atoms with van der Waals surface area (Å²) in [7, 11) is 0. The normalized spacial score (nSPS) is 12.8. The van der Waals surface area contributed by atoms with Gasteiger partial charge in [0.15, 0.2) is 6.04 Å². The lowest BCUT2D eigenvalue weighted by Gasteiger charge is -2.19. The molecule has 2 aromatic rings. The number of amides is 1. The number of benzene rings is 2. The van der Waals surface area contributed by atoms with Gasteiger partial charge in [-0.3, -0.25) is 14.9 Å². The third-order valence-corrected chi connectivity index (χ3v) is 4.30. The fourth-order valence-corrected chi connectivity index (χ4v) is 2.80. The zero-order valence-electron chi connectivity index (χ0n) is 13.7. The highest BCUT2D eigenvalue weighted by Crippen LogP contribution is 2.21. The van der Waals surface area contributed by atoms with Gasteiger partial charge in [0.2, 0.25) is 5.91 Å². The van der Waals surface area contributed by atoms with Crippen molar-refractivity contribution in [2.45, 2.75) is 12.5 Å². The summed E-state index contributed by atoms with van der Waals surface area (Å²) in [5.41, 5.74) is 0.833. The van der Waals surface area contributed by atoms with Gasteiger partial charge < -0.3 is 10.4 Å². The molecule has 0 aliphatic rings. The molecule has 0 radical (unpaired) electrons. The number of carboxylic acids is 1.